The molecular weight excluding hydrogens is 302 g/mol. The number of anilines is 1. The van der Waals surface area contributed by atoms with E-state index in [2.05, 4.69) is 63.8 Å². The van der Waals surface area contributed by atoms with Gasteiger partial charge in [-0.05, 0) is 35.6 Å². The number of thiophene rings is 1. The quantitative estimate of drug-likeness (QED) is 0.577. The number of benzene rings is 1. The largest absolute Gasteiger partial charge is 0.369 e. The van der Waals surface area contributed by atoms with Crippen LogP contribution in [-0.4, -0.2) is 15.9 Å². The highest BCUT2D eigenvalue weighted by Gasteiger charge is 2.14. The van der Waals surface area contributed by atoms with E-state index in [-0.39, 0.29) is 0 Å². The lowest BCUT2D eigenvalue weighted by Gasteiger charge is -2.08. The van der Waals surface area contributed by atoms with Crippen molar-refractivity contribution in [2.24, 2.45) is 0 Å². The summed E-state index contributed by atoms with van der Waals surface area (Å²) in [7, 11) is 0. The molecule has 0 amide bonds. The minimum atomic E-state index is 0.880. The van der Waals surface area contributed by atoms with Crippen LogP contribution in [0.15, 0.2) is 72.2 Å². The van der Waals surface area contributed by atoms with Crippen molar-refractivity contribution in [3.05, 3.63) is 77.8 Å². The summed E-state index contributed by atoms with van der Waals surface area (Å²) < 4.78 is 2.13. The molecule has 0 spiro atoms. The molecule has 0 unspecified atom stereocenters. The van der Waals surface area contributed by atoms with Gasteiger partial charge < -0.3 is 5.32 Å². The molecular formula is C19H17N3S. The number of imidazole rings is 1. The summed E-state index contributed by atoms with van der Waals surface area (Å²) in [5.74, 6) is 1.07. The Morgan fingerprint density at radius 2 is 1.83 bits per heavy atom. The zero-order valence-electron chi connectivity index (χ0n) is 12.6. The van der Waals surface area contributed by atoms with E-state index in [4.69, 9.17) is 4.98 Å². The standard InChI is InChI=1S/C19H17N3S/c1-2-7-15(8-3-1)11-12-20-19-18(16-9-6-14-23-16)21-17-10-4-5-13-22(17)19/h1-10,13-14,20H,11-12H2. The van der Waals surface area contributed by atoms with Crippen LogP contribution in [0, 0.1) is 0 Å². The predicted molar refractivity (Wildman–Crippen MR) is 97.1 cm³/mol. The summed E-state index contributed by atoms with van der Waals surface area (Å²) in [6.45, 7) is 0.880. The number of nitrogens with zero attached hydrogens (tertiary/aromatic N) is 2. The lowest BCUT2D eigenvalue weighted by molar-refractivity contribution is 0.999. The monoisotopic (exact) mass is 319 g/mol. The van der Waals surface area contributed by atoms with E-state index in [9.17, 15) is 0 Å². The molecule has 0 saturated heterocycles. The van der Waals surface area contributed by atoms with Gasteiger partial charge in [0, 0.05) is 12.7 Å². The van der Waals surface area contributed by atoms with Crippen molar-refractivity contribution in [2.75, 3.05) is 11.9 Å². The Morgan fingerprint density at radius 3 is 2.65 bits per heavy atom. The van der Waals surface area contributed by atoms with E-state index < -0.39 is 0 Å². The molecule has 0 radical (unpaired) electrons. The summed E-state index contributed by atoms with van der Waals surface area (Å²) in [4.78, 5) is 5.98. The van der Waals surface area contributed by atoms with Gasteiger partial charge in [-0.25, -0.2) is 4.98 Å². The fraction of sp³-hybridized carbons (Fsp3) is 0.105. The molecule has 3 nitrogen and oxygen atoms in total. The van der Waals surface area contributed by atoms with Gasteiger partial charge in [-0.1, -0.05) is 42.5 Å². The summed E-state index contributed by atoms with van der Waals surface area (Å²) in [6, 6.07) is 20.8. The average molecular weight is 319 g/mol. The van der Waals surface area contributed by atoms with Gasteiger partial charge in [-0.15, -0.1) is 11.3 Å². The van der Waals surface area contributed by atoms with E-state index in [0.29, 0.717) is 0 Å². The molecule has 0 bridgehead atoms. The molecule has 0 atom stereocenters. The van der Waals surface area contributed by atoms with E-state index >= 15 is 0 Å². The van der Waals surface area contributed by atoms with Gasteiger partial charge in [0.2, 0.25) is 0 Å². The van der Waals surface area contributed by atoms with E-state index in [0.717, 1.165) is 30.1 Å². The Morgan fingerprint density at radius 1 is 0.957 bits per heavy atom. The third kappa shape index (κ3) is 2.85. The van der Waals surface area contributed by atoms with Crippen LogP contribution >= 0.6 is 11.3 Å². The van der Waals surface area contributed by atoms with Gasteiger partial charge in [0.05, 0.1) is 4.88 Å². The fourth-order valence-corrected chi connectivity index (χ4v) is 3.43. The van der Waals surface area contributed by atoms with Crippen molar-refractivity contribution < 1.29 is 0 Å². The molecule has 0 aliphatic carbocycles. The second-order valence-corrected chi connectivity index (χ2v) is 6.33. The molecule has 3 heterocycles. The normalized spacial score (nSPS) is 11.0. The van der Waals surface area contributed by atoms with Gasteiger partial charge in [-0.2, -0.15) is 0 Å². The highest BCUT2D eigenvalue weighted by atomic mass is 32.1. The first-order valence-electron chi connectivity index (χ1n) is 7.70. The third-order valence-electron chi connectivity index (χ3n) is 3.83. The molecule has 1 aromatic carbocycles. The van der Waals surface area contributed by atoms with Gasteiger partial charge >= 0.3 is 0 Å². The molecule has 23 heavy (non-hydrogen) atoms. The van der Waals surface area contributed by atoms with Crippen LogP contribution in [-0.2, 0) is 6.42 Å². The average Bonchev–Trinajstić information content (AvgIpc) is 3.24. The van der Waals surface area contributed by atoms with Gasteiger partial charge in [0.25, 0.3) is 0 Å². The minimum absolute atomic E-state index is 0.880. The number of aromatic nitrogens is 2. The van der Waals surface area contributed by atoms with Gasteiger partial charge in [0.15, 0.2) is 0 Å². The van der Waals surface area contributed by atoms with Crippen LogP contribution in [0.1, 0.15) is 5.56 Å². The highest BCUT2D eigenvalue weighted by Crippen LogP contribution is 2.31. The van der Waals surface area contributed by atoms with E-state index in [1.54, 1.807) is 11.3 Å². The number of pyridine rings is 1. The fourth-order valence-electron chi connectivity index (χ4n) is 2.72. The summed E-state index contributed by atoms with van der Waals surface area (Å²) in [6.07, 6.45) is 3.05. The minimum Gasteiger partial charge on any atom is -0.369 e. The molecule has 0 aliphatic rings. The third-order valence-corrected chi connectivity index (χ3v) is 4.71. The predicted octanol–water partition coefficient (Wildman–Crippen LogP) is 4.72. The molecule has 0 aliphatic heterocycles. The zero-order valence-corrected chi connectivity index (χ0v) is 13.5. The molecule has 0 fully saturated rings. The Labute approximate surface area is 139 Å². The number of hydrogen-bond acceptors (Lipinski definition) is 3. The van der Waals surface area contributed by atoms with Crippen molar-refractivity contribution >= 4 is 22.8 Å². The first kappa shape index (κ1) is 14.0. The van der Waals surface area contributed by atoms with Crippen molar-refractivity contribution in [1.82, 2.24) is 9.38 Å². The Balaban J connectivity index is 1.64. The second-order valence-electron chi connectivity index (χ2n) is 5.38. The van der Waals surface area contributed by atoms with Crippen LogP contribution in [0.3, 0.4) is 0 Å². The molecule has 0 saturated carbocycles. The second kappa shape index (κ2) is 6.26. The number of fused-ring (bicyclic) bond motifs is 1. The van der Waals surface area contributed by atoms with Crippen LogP contribution in [0.4, 0.5) is 5.82 Å². The van der Waals surface area contributed by atoms with Gasteiger partial charge in [-0.3, -0.25) is 4.40 Å². The number of rotatable bonds is 5. The van der Waals surface area contributed by atoms with Crippen LogP contribution < -0.4 is 5.32 Å². The number of nitrogens with one attached hydrogen (secondary N) is 1. The van der Waals surface area contributed by atoms with Crippen LogP contribution in [0.5, 0.6) is 0 Å². The maximum Gasteiger partial charge on any atom is 0.139 e. The Bertz CT molecular complexity index is 895. The van der Waals surface area contributed by atoms with Crippen LogP contribution in [0.2, 0.25) is 0 Å². The maximum atomic E-state index is 4.79. The topological polar surface area (TPSA) is 29.3 Å². The summed E-state index contributed by atoms with van der Waals surface area (Å²) in [5, 5.41) is 5.67. The number of hydrogen-bond donors (Lipinski definition) is 1. The van der Waals surface area contributed by atoms with Crippen molar-refractivity contribution in [1.29, 1.82) is 0 Å². The molecule has 4 heteroatoms. The smallest absolute Gasteiger partial charge is 0.139 e. The van der Waals surface area contributed by atoms with E-state index in [1.807, 2.05) is 18.2 Å². The van der Waals surface area contributed by atoms with Crippen molar-refractivity contribution in [3.63, 3.8) is 0 Å². The molecule has 4 aromatic rings. The van der Waals surface area contributed by atoms with Crippen molar-refractivity contribution in [2.45, 2.75) is 6.42 Å². The molecule has 1 N–H and O–H groups in total. The van der Waals surface area contributed by atoms with E-state index in [1.165, 1.54) is 10.4 Å². The van der Waals surface area contributed by atoms with Crippen molar-refractivity contribution in [3.8, 4) is 10.6 Å². The maximum absolute atomic E-state index is 4.79. The molecule has 3 aromatic heterocycles. The highest BCUT2D eigenvalue weighted by molar-refractivity contribution is 7.13. The Hall–Kier alpha value is -2.59. The Kier molecular flexibility index (Phi) is 3.82. The SMILES string of the molecule is c1ccc(CCNc2c(-c3cccs3)nc3ccccn23)cc1. The molecule has 4 rings (SSSR count). The van der Waals surface area contributed by atoms with Crippen LogP contribution in [0.25, 0.3) is 16.2 Å². The lowest BCUT2D eigenvalue weighted by atomic mass is 10.1. The zero-order chi connectivity index (χ0) is 15.5. The summed E-state index contributed by atoms with van der Waals surface area (Å²) >= 11 is 1.72. The first-order valence-corrected chi connectivity index (χ1v) is 8.58. The first-order chi connectivity index (χ1) is 11.4. The van der Waals surface area contributed by atoms with Gasteiger partial charge in [0.1, 0.15) is 17.2 Å². The molecule has 114 valence electrons. The lowest BCUT2D eigenvalue weighted by Crippen LogP contribution is -2.07. The summed E-state index contributed by atoms with van der Waals surface area (Å²) in [5.41, 5.74) is 3.34.